The van der Waals surface area contributed by atoms with Crippen molar-refractivity contribution < 1.29 is 4.79 Å². The molecule has 3 nitrogen and oxygen atoms in total. The summed E-state index contributed by atoms with van der Waals surface area (Å²) in [5, 5.41) is 4.66. The van der Waals surface area contributed by atoms with Gasteiger partial charge in [0.25, 0.3) is 0 Å². The maximum Gasteiger partial charge on any atom is 0.244 e. The molecule has 1 heterocycles. The monoisotopic (exact) mass is 376 g/mol. The minimum absolute atomic E-state index is 0.0780. The summed E-state index contributed by atoms with van der Waals surface area (Å²) in [6.07, 6.45) is 1.92. The van der Waals surface area contributed by atoms with E-state index in [1.165, 1.54) is 0 Å². The Hall–Kier alpha value is -1.78. The van der Waals surface area contributed by atoms with Gasteiger partial charge in [-0.15, -0.1) is 0 Å². The average Bonchev–Trinajstić information content (AvgIpc) is 2.86. The third-order valence-corrected chi connectivity index (χ3v) is 4.49. The highest BCUT2D eigenvalue weighted by Crippen LogP contribution is 2.24. The summed E-state index contributed by atoms with van der Waals surface area (Å²) in [6.45, 7) is 2.15. The second kappa shape index (κ2) is 6.15. The van der Waals surface area contributed by atoms with E-state index in [1.54, 1.807) is 0 Å². The first kappa shape index (κ1) is 15.1. The van der Waals surface area contributed by atoms with Gasteiger partial charge in [-0.05, 0) is 48.9 Å². The van der Waals surface area contributed by atoms with Crippen molar-refractivity contribution in [1.29, 1.82) is 0 Å². The molecule has 0 spiro atoms. The number of carbonyl (C=O) groups excluding carboxylic acids is 1. The largest absolute Gasteiger partial charge is 0.338 e. The van der Waals surface area contributed by atoms with Gasteiger partial charge in [-0.3, -0.25) is 4.79 Å². The van der Waals surface area contributed by atoms with Gasteiger partial charge in [-0.1, -0.05) is 33.6 Å². The lowest BCUT2D eigenvalue weighted by Crippen LogP contribution is -2.18. The highest BCUT2D eigenvalue weighted by atomic mass is 79.9. The fourth-order valence-corrected chi connectivity index (χ4v) is 2.95. The predicted octanol–water partition coefficient (Wildman–Crippen LogP) is 5.00. The Morgan fingerprint density at radius 1 is 1.27 bits per heavy atom. The van der Waals surface area contributed by atoms with Gasteiger partial charge in [-0.2, -0.15) is 0 Å². The van der Waals surface area contributed by atoms with Gasteiger partial charge in [0.05, 0.1) is 0 Å². The molecule has 3 aromatic rings. The Kier molecular flexibility index (Phi) is 4.23. The molecule has 112 valence electrons. The van der Waals surface area contributed by atoms with Crippen LogP contribution in [0.25, 0.3) is 10.9 Å². The third-order valence-electron chi connectivity index (χ3n) is 3.59. The van der Waals surface area contributed by atoms with Crippen molar-refractivity contribution in [1.82, 2.24) is 4.57 Å². The first-order valence-corrected chi connectivity index (χ1v) is 8.01. The smallest absolute Gasteiger partial charge is 0.244 e. The van der Waals surface area contributed by atoms with Crippen molar-refractivity contribution in [2.75, 3.05) is 5.32 Å². The lowest BCUT2D eigenvalue weighted by molar-refractivity contribution is -0.116. The normalized spacial score (nSPS) is 10.9. The molecule has 0 fully saturated rings. The molecule has 0 aliphatic rings. The number of nitrogens with zero attached hydrogens (tertiary/aromatic N) is 1. The molecule has 0 saturated carbocycles. The maximum atomic E-state index is 12.3. The molecule has 1 amide bonds. The van der Waals surface area contributed by atoms with Crippen LogP contribution >= 0.6 is 27.5 Å². The lowest BCUT2D eigenvalue weighted by Gasteiger charge is -2.10. The van der Waals surface area contributed by atoms with Crippen molar-refractivity contribution in [3.8, 4) is 0 Å². The number of rotatable bonds is 3. The van der Waals surface area contributed by atoms with Gasteiger partial charge in [-0.25, -0.2) is 0 Å². The summed E-state index contributed by atoms with van der Waals surface area (Å²) in [5.74, 6) is -0.0780. The molecule has 0 aliphatic carbocycles. The predicted molar refractivity (Wildman–Crippen MR) is 94.5 cm³/mol. The molecule has 22 heavy (non-hydrogen) atoms. The number of fused-ring (bicyclic) bond motifs is 1. The molecule has 0 bridgehead atoms. The van der Waals surface area contributed by atoms with Crippen molar-refractivity contribution in [2.45, 2.75) is 13.5 Å². The highest BCUT2D eigenvalue weighted by Gasteiger charge is 2.09. The summed E-state index contributed by atoms with van der Waals surface area (Å²) in [6, 6.07) is 13.5. The van der Waals surface area contributed by atoms with E-state index in [4.69, 9.17) is 11.6 Å². The van der Waals surface area contributed by atoms with Gasteiger partial charge in [0.1, 0.15) is 6.54 Å². The zero-order chi connectivity index (χ0) is 15.7. The second-order valence-corrected chi connectivity index (χ2v) is 6.43. The number of benzene rings is 2. The fraction of sp³-hybridized carbons (Fsp3) is 0.118. The quantitative estimate of drug-likeness (QED) is 0.684. The Balaban J connectivity index is 1.80. The molecule has 0 radical (unpaired) electrons. The van der Waals surface area contributed by atoms with Crippen molar-refractivity contribution in [3.05, 3.63) is 63.7 Å². The van der Waals surface area contributed by atoms with Crippen LogP contribution in [-0.4, -0.2) is 10.5 Å². The molecule has 0 saturated heterocycles. The van der Waals surface area contributed by atoms with Gasteiger partial charge in [0, 0.05) is 32.3 Å². The molecule has 1 aromatic heterocycles. The number of anilines is 1. The van der Waals surface area contributed by atoms with E-state index in [2.05, 4.69) is 21.2 Å². The molecule has 0 unspecified atom stereocenters. The number of hydrogen-bond acceptors (Lipinski definition) is 1. The minimum Gasteiger partial charge on any atom is -0.338 e. The SMILES string of the molecule is Cc1c(Cl)cccc1NC(=O)Cn1ccc2cc(Br)ccc21. The van der Waals surface area contributed by atoms with Crippen molar-refractivity contribution in [2.24, 2.45) is 0 Å². The number of carbonyl (C=O) groups is 1. The van der Waals surface area contributed by atoms with E-state index in [1.807, 2.05) is 60.2 Å². The number of halogens is 2. The summed E-state index contributed by atoms with van der Waals surface area (Å²) >= 11 is 9.52. The van der Waals surface area contributed by atoms with Gasteiger partial charge in [0.2, 0.25) is 5.91 Å². The molecule has 2 aromatic carbocycles. The average molecular weight is 378 g/mol. The molecule has 0 atom stereocenters. The highest BCUT2D eigenvalue weighted by molar-refractivity contribution is 9.10. The topological polar surface area (TPSA) is 34.0 Å². The zero-order valence-corrected chi connectivity index (χ0v) is 14.3. The van der Waals surface area contributed by atoms with Crippen LogP contribution in [0.4, 0.5) is 5.69 Å². The summed E-state index contributed by atoms with van der Waals surface area (Å²) in [4.78, 5) is 12.3. The van der Waals surface area contributed by atoms with Crippen molar-refractivity contribution >= 4 is 50.0 Å². The first-order valence-electron chi connectivity index (χ1n) is 6.84. The lowest BCUT2D eigenvalue weighted by atomic mass is 10.2. The minimum atomic E-state index is -0.0780. The Labute approximate surface area is 142 Å². The van der Waals surface area contributed by atoms with Crippen LogP contribution in [0.3, 0.4) is 0 Å². The molecular weight excluding hydrogens is 364 g/mol. The first-order chi connectivity index (χ1) is 10.5. The van der Waals surface area contributed by atoms with Crippen LogP contribution in [0, 0.1) is 6.92 Å². The molecule has 3 rings (SSSR count). The van der Waals surface area contributed by atoms with Gasteiger partial charge < -0.3 is 9.88 Å². The number of nitrogens with one attached hydrogen (secondary N) is 1. The Bertz CT molecular complexity index is 857. The van der Waals surface area contributed by atoms with E-state index < -0.39 is 0 Å². The Morgan fingerprint density at radius 3 is 2.91 bits per heavy atom. The van der Waals surface area contributed by atoms with Gasteiger partial charge in [0.15, 0.2) is 0 Å². The molecule has 0 aliphatic heterocycles. The van der Waals surface area contributed by atoms with Crippen LogP contribution in [0.15, 0.2) is 53.1 Å². The van der Waals surface area contributed by atoms with Crippen LogP contribution in [0.1, 0.15) is 5.56 Å². The van der Waals surface area contributed by atoms with Crippen LogP contribution in [0.5, 0.6) is 0 Å². The standard InChI is InChI=1S/C17H14BrClN2O/c1-11-14(19)3-2-4-15(11)20-17(22)10-21-8-7-12-9-13(18)5-6-16(12)21/h2-9H,10H2,1H3,(H,20,22). The van der Waals surface area contributed by atoms with E-state index in [9.17, 15) is 4.79 Å². The zero-order valence-electron chi connectivity index (χ0n) is 11.9. The molecular formula is C17H14BrClN2O. The van der Waals surface area contributed by atoms with Crippen molar-refractivity contribution in [3.63, 3.8) is 0 Å². The third kappa shape index (κ3) is 3.03. The summed E-state index contributed by atoms with van der Waals surface area (Å²) < 4.78 is 2.95. The van der Waals surface area contributed by atoms with E-state index >= 15 is 0 Å². The van der Waals surface area contributed by atoms with E-state index in [-0.39, 0.29) is 12.5 Å². The molecule has 5 heteroatoms. The van der Waals surface area contributed by atoms with E-state index in [0.717, 1.165) is 26.6 Å². The summed E-state index contributed by atoms with van der Waals surface area (Å²) in [5.41, 5.74) is 2.65. The number of amides is 1. The van der Waals surface area contributed by atoms with Crippen LogP contribution in [0.2, 0.25) is 5.02 Å². The van der Waals surface area contributed by atoms with Crippen LogP contribution < -0.4 is 5.32 Å². The van der Waals surface area contributed by atoms with Crippen LogP contribution in [-0.2, 0) is 11.3 Å². The Morgan fingerprint density at radius 2 is 2.09 bits per heavy atom. The second-order valence-electron chi connectivity index (χ2n) is 5.11. The van der Waals surface area contributed by atoms with Gasteiger partial charge >= 0.3 is 0 Å². The maximum absolute atomic E-state index is 12.3. The number of hydrogen-bond donors (Lipinski definition) is 1. The fourth-order valence-electron chi connectivity index (χ4n) is 2.40. The summed E-state index contributed by atoms with van der Waals surface area (Å²) in [7, 11) is 0. The van der Waals surface area contributed by atoms with E-state index in [0.29, 0.717) is 5.02 Å². The number of aromatic nitrogens is 1. The molecule has 1 N–H and O–H groups in total.